The maximum atomic E-state index is 12.6. The normalized spacial score (nSPS) is 13.2. The van der Waals surface area contributed by atoms with Crippen molar-refractivity contribution in [3.8, 4) is 5.75 Å². The van der Waals surface area contributed by atoms with Crippen molar-refractivity contribution in [3.63, 3.8) is 0 Å². The molecule has 0 fully saturated rings. The fraction of sp³-hybridized carbons (Fsp3) is 0.500. The summed E-state index contributed by atoms with van der Waals surface area (Å²) >= 11 is 0. The fourth-order valence-corrected chi connectivity index (χ4v) is 4.06. The summed E-state index contributed by atoms with van der Waals surface area (Å²) in [5, 5.41) is 9.06. The number of sulfonamides is 1. The van der Waals surface area contributed by atoms with Gasteiger partial charge in [-0.15, -0.1) is 0 Å². The van der Waals surface area contributed by atoms with Crippen molar-refractivity contribution in [3.05, 3.63) is 23.3 Å². The monoisotopic (exact) mass is 315 g/mol. The van der Waals surface area contributed by atoms with Gasteiger partial charge >= 0.3 is 5.97 Å². The first-order valence-corrected chi connectivity index (χ1v) is 8.00. The van der Waals surface area contributed by atoms with E-state index in [9.17, 15) is 13.2 Å². The van der Waals surface area contributed by atoms with Crippen molar-refractivity contribution >= 4 is 16.0 Å². The number of rotatable bonds is 6. The van der Waals surface area contributed by atoms with Gasteiger partial charge < -0.3 is 9.84 Å². The number of likely N-dealkylation sites (N-methyl/N-ethyl adjacent to an activating group) is 1. The van der Waals surface area contributed by atoms with Crippen LogP contribution in [0, 0.1) is 13.8 Å². The third-order valence-electron chi connectivity index (χ3n) is 3.35. The molecule has 0 aliphatic heterocycles. The maximum Gasteiger partial charge on any atom is 0.321 e. The molecule has 21 heavy (non-hydrogen) atoms. The number of aliphatic carboxylic acids is 1. The molecule has 118 valence electrons. The number of carboxylic acid groups (broad SMARTS) is 1. The van der Waals surface area contributed by atoms with Crippen LogP contribution >= 0.6 is 0 Å². The number of carbonyl (C=O) groups is 1. The summed E-state index contributed by atoms with van der Waals surface area (Å²) in [4.78, 5) is 11.2. The van der Waals surface area contributed by atoms with Crippen molar-refractivity contribution < 1.29 is 23.1 Å². The van der Waals surface area contributed by atoms with Gasteiger partial charge in [0, 0.05) is 6.54 Å². The third kappa shape index (κ3) is 3.36. The quantitative estimate of drug-likeness (QED) is 0.865. The van der Waals surface area contributed by atoms with Gasteiger partial charge in [0.15, 0.2) is 0 Å². The Bertz CT molecular complexity index is 616. The Kier molecular flexibility index (Phi) is 5.36. The Morgan fingerprint density at radius 1 is 1.33 bits per heavy atom. The van der Waals surface area contributed by atoms with Crippen LogP contribution < -0.4 is 4.74 Å². The standard InChI is InChI=1S/C14H21NO5S/c1-6-15(11(4)14(16)17)21(18,19)12-7-9(2)13(20-5)10(3)8-12/h7-8,11H,6H2,1-5H3,(H,16,17). The summed E-state index contributed by atoms with van der Waals surface area (Å²) in [7, 11) is -2.35. The van der Waals surface area contributed by atoms with E-state index in [2.05, 4.69) is 0 Å². The second-order valence-electron chi connectivity index (χ2n) is 4.81. The molecule has 0 amide bonds. The molecule has 0 bridgehead atoms. The van der Waals surface area contributed by atoms with Crippen LogP contribution in [-0.4, -0.2) is 43.5 Å². The van der Waals surface area contributed by atoms with E-state index in [0.29, 0.717) is 16.9 Å². The molecule has 0 aliphatic carbocycles. The highest BCUT2D eigenvalue weighted by Crippen LogP contribution is 2.28. The first-order chi connectivity index (χ1) is 9.66. The van der Waals surface area contributed by atoms with Gasteiger partial charge in [-0.1, -0.05) is 6.92 Å². The second-order valence-corrected chi connectivity index (χ2v) is 6.70. The number of methoxy groups -OCH3 is 1. The SMILES string of the molecule is CCN(C(C)C(=O)O)S(=O)(=O)c1cc(C)c(OC)c(C)c1. The molecule has 0 saturated heterocycles. The van der Waals surface area contributed by atoms with E-state index >= 15 is 0 Å². The number of benzene rings is 1. The molecule has 0 radical (unpaired) electrons. The van der Waals surface area contributed by atoms with E-state index in [0.717, 1.165) is 4.31 Å². The Labute approximate surface area is 125 Å². The van der Waals surface area contributed by atoms with Crippen LogP contribution in [0.3, 0.4) is 0 Å². The Balaban J connectivity index is 3.40. The number of hydrogen-bond acceptors (Lipinski definition) is 4. The average molecular weight is 315 g/mol. The van der Waals surface area contributed by atoms with Gasteiger partial charge in [-0.25, -0.2) is 8.42 Å². The molecule has 1 atom stereocenters. The number of aryl methyl sites for hydroxylation is 2. The average Bonchev–Trinajstić information content (AvgIpc) is 2.38. The number of nitrogens with zero attached hydrogens (tertiary/aromatic N) is 1. The Morgan fingerprint density at radius 3 is 2.14 bits per heavy atom. The molecule has 0 aromatic heterocycles. The van der Waals surface area contributed by atoms with Crippen LogP contribution in [-0.2, 0) is 14.8 Å². The Hall–Kier alpha value is -1.60. The topological polar surface area (TPSA) is 83.9 Å². The van der Waals surface area contributed by atoms with E-state index in [1.54, 1.807) is 20.8 Å². The van der Waals surface area contributed by atoms with Crippen LogP contribution in [0.1, 0.15) is 25.0 Å². The summed E-state index contributed by atoms with van der Waals surface area (Å²) in [5.74, 6) is -0.550. The first kappa shape index (κ1) is 17.5. The smallest absolute Gasteiger partial charge is 0.321 e. The number of ether oxygens (including phenoxy) is 1. The lowest BCUT2D eigenvalue weighted by Gasteiger charge is -2.25. The number of carboxylic acids is 1. The zero-order valence-corrected chi connectivity index (χ0v) is 13.7. The molecule has 1 N–H and O–H groups in total. The largest absolute Gasteiger partial charge is 0.496 e. The lowest BCUT2D eigenvalue weighted by molar-refractivity contribution is -0.140. The fourth-order valence-electron chi connectivity index (χ4n) is 2.29. The summed E-state index contributed by atoms with van der Waals surface area (Å²) in [6, 6.07) is 1.87. The minimum Gasteiger partial charge on any atom is -0.496 e. The molecular weight excluding hydrogens is 294 g/mol. The van der Waals surface area contributed by atoms with Crippen molar-refractivity contribution in [2.24, 2.45) is 0 Å². The summed E-state index contributed by atoms with van der Waals surface area (Å²) in [6.07, 6.45) is 0. The van der Waals surface area contributed by atoms with E-state index in [-0.39, 0.29) is 11.4 Å². The molecular formula is C14H21NO5S. The summed E-state index contributed by atoms with van der Waals surface area (Å²) < 4.78 is 31.5. The third-order valence-corrected chi connectivity index (χ3v) is 5.37. The van der Waals surface area contributed by atoms with Crippen molar-refractivity contribution in [1.82, 2.24) is 4.31 Å². The maximum absolute atomic E-state index is 12.6. The van der Waals surface area contributed by atoms with Gasteiger partial charge in [0.1, 0.15) is 11.8 Å². The molecule has 1 aromatic carbocycles. The molecule has 1 unspecified atom stereocenters. The van der Waals surface area contributed by atoms with Crippen molar-refractivity contribution in [1.29, 1.82) is 0 Å². The van der Waals surface area contributed by atoms with Crippen LogP contribution in [0.2, 0.25) is 0 Å². The lowest BCUT2D eigenvalue weighted by Crippen LogP contribution is -2.43. The minimum atomic E-state index is -3.87. The molecule has 7 heteroatoms. The molecule has 6 nitrogen and oxygen atoms in total. The van der Waals surface area contributed by atoms with Gasteiger partial charge in [-0.3, -0.25) is 4.79 Å². The van der Waals surface area contributed by atoms with E-state index in [1.807, 2.05) is 0 Å². The summed E-state index contributed by atoms with van der Waals surface area (Å²) in [6.45, 7) is 6.55. The van der Waals surface area contributed by atoms with Gasteiger partial charge in [0.05, 0.1) is 12.0 Å². The van der Waals surface area contributed by atoms with Gasteiger partial charge in [0.25, 0.3) is 0 Å². The molecule has 0 heterocycles. The van der Waals surface area contributed by atoms with Crippen molar-refractivity contribution in [2.45, 2.75) is 38.6 Å². The highest BCUT2D eigenvalue weighted by atomic mass is 32.2. The van der Waals surface area contributed by atoms with Gasteiger partial charge in [0.2, 0.25) is 10.0 Å². The zero-order valence-electron chi connectivity index (χ0n) is 12.9. The second kappa shape index (κ2) is 6.44. The Morgan fingerprint density at radius 2 is 1.81 bits per heavy atom. The number of hydrogen-bond donors (Lipinski definition) is 1. The first-order valence-electron chi connectivity index (χ1n) is 6.56. The zero-order chi connectivity index (χ0) is 16.4. The molecule has 0 aliphatic rings. The molecule has 1 rings (SSSR count). The van der Waals surface area contributed by atoms with Gasteiger partial charge in [-0.2, -0.15) is 4.31 Å². The van der Waals surface area contributed by atoms with Gasteiger partial charge in [-0.05, 0) is 44.0 Å². The lowest BCUT2D eigenvalue weighted by atomic mass is 10.1. The van der Waals surface area contributed by atoms with E-state index < -0.39 is 22.0 Å². The summed E-state index contributed by atoms with van der Waals surface area (Å²) in [5.41, 5.74) is 1.38. The highest BCUT2D eigenvalue weighted by molar-refractivity contribution is 7.89. The predicted octanol–water partition coefficient (Wildman–Crippen LogP) is 1.80. The van der Waals surface area contributed by atoms with Crippen LogP contribution in [0.5, 0.6) is 5.75 Å². The molecule has 0 spiro atoms. The molecule has 1 aromatic rings. The predicted molar refractivity (Wildman–Crippen MR) is 79.1 cm³/mol. The van der Waals surface area contributed by atoms with Crippen LogP contribution in [0.25, 0.3) is 0 Å². The van der Waals surface area contributed by atoms with Crippen molar-refractivity contribution in [2.75, 3.05) is 13.7 Å². The van der Waals surface area contributed by atoms with E-state index in [4.69, 9.17) is 9.84 Å². The highest BCUT2D eigenvalue weighted by Gasteiger charge is 2.32. The van der Waals surface area contributed by atoms with Crippen LogP contribution in [0.4, 0.5) is 0 Å². The van der Waals surface area contributed by atoms with E-state index in [1.165, 1.54) is 26.2 Å². The molecule has 0 saturated carbocycles. The van der Waals surface area contributed by atoms with Crippen LogP contribution in [0.15, 0.2) is 17.0 Å². The minimum absolute atomic E-state index is 0.0771.